The molecule has 1 saturated carbocycles. The standard InChI is InChI=1S/C28H34N2O2S/c31-26(24-14-8-3-9-15-24)30-20-21-33-28(30)16-18-29(19-17-28)27(32)25(22-10-4-1-5-11-22)23-12-6-2-7-13-23/h1-2,4-7,10-13,24-25H,3,8-9,14-21H2. The fraction of sp³-hybridized carbons (Fsp3) is 0.500. The van der Waals surface area contributed by atoms with Crippen LogP contribution in [0, 0.1) is 5.92 Å². The third-order valence-electron chi connectivity index (χ3n) is 7.77. The lowest BCUT2D eigenvalue weighted by molar-refractivity contribution is -0.141. The molecule has 2 heterocycles. The summed E-state index contributed by atoms with van der Waals surface area (Å²) in [7, 11) is 0. The number of hydrogen-bond acceptors (Lipinski definition) is 3. The van der Waals surface area contributed by atoms with E-state index in [-0.39, 0.29) is 22.6 Å². The van der Waals surface area contributed by atoms with E-state index in [2.05, 4.69) is 29.2 Å². The predicted octanol–water partition coefficient (Wildman–Crippen LogP) is 5.29. The molecule has 3 aliphatic rings. The van der Waals surface area contributed by atoms with Crippen molar-refractivity contribution in [2.75, 3.05) is 25.4 Å². The van der Waals surface area contributed by atoms with Gasteiger partial charge in [0, 0.05) is 31.3 Å². The molecule has 2 aromatic rings. The van der Waals surface area contributed by atoms with Crippen LogP contribution in [0.15, 0.2) is 60.7 Å². The molecular formula is C28H34N2O2S. The lowest BCUT2D eigenvalue weighted by atomic mass is 9.87. The summed E-state index contributed by atoms with van der Waals surface area (Å²) in [4.78, 5) is 31.3. The number of thioether (sulfide) groups is 1. The van der Waals surface area contributed by atoms with E-state index in [9.17, 15) is 9.59 Å². The minimum atomic E-state index is -0.280. The molecule has 174 valence electrons. The second-order valence-corrected chi connectivity index (χ2v) is 11.2. The van der Waals surface area contributed by atoms with Gasteiger partial charge >= 0.3 is 0 Å². The highest BCUT2D eigenvalue weighted by atomic mass is 32.2. The molecule has 5 heteroatoms. The van der Waals surface area contributed by atoms with Crippen LogP contribution in [0.1, 0.15) is 62.0 Å². The maximum Gasteiger partial charge on any atom is 0.234 e. The minimum absolute atomic E-state index is 0.111. The summed E-state index contributed by atoms with van der Waals surface area (Å²) in [5.74, 6) is 1.51. The van der Waals surface area contributed by atoms with Crippen molar-refractivity contribution in [3.8, 4) is 0 Å². The van der Waals surface area contributed by atoms with Gasteiger partial charge in [-0.15, -0.1) is 11.8 Å². The largest absolute Gasteiger partial charge is 0.342 e. The highest BCUT2D eigenvalue weighted by Crippen LogP contribution is 2.46. The molecule has 0 bridgehead atoms. The number of piperidine rings is 1. The van der Waals surface area contributed by atoms with Gasteiger partial charge in [-0.1, -0.05) is 79.9 Å². The molecule has 0 aromatic heterocycles. The number of hydrogen-bond donors (Lipinski definition) is 0. The van der Waals surface area contributed by atoms with Crippen LogP contribution in [0.3, 0.4) is 0 Å². The third kappa shape index (κ3) is 4.57. The van der Waals surface area contributed by atoms with Crippen molar-refractivity contribution in [3.63, 3.8) is 0 Å². The van der Waals surface area contributed by atoms with Crippen LogP contribution in [0.5, 0.6) is 0 Å². The zero-order chi connectivity index (χ0) is 22.7. The Morgan fingerprint density at radius 3 is 1.97 bits per heavy atom. The molecule has 1 aliphatic carbocycles. The highest BCUT2D eigenvalue weighted by molar-refractivity contribution is 8.00. The molecule has 1 spiro atoms. The molecule has 2 aromatic carbocycles. The molecule has 0 N–H and O–H groups in total. The van der Waals surface area contributed by atoms with Crippen molar-refractivity contribution in [1.82, 2.24) is 9.80 Å². The molecule has 0 atom stereocenters. The van der Waals surface area contributed by atoms with E-state index in [0.29, 0.717) is 5.91 Å². The SMILES string of the molecule is O=C(C(c1ccccc1)c1ccccc1)N1CCC2(CC1)SCCN2C(=O)C1CCCCC1. The van der Waals surface area contributed by atoms with E-state index in [0.717, 1.165) is 62.2 Å². The lowest BCUT2D eigenvalue weighted by Gasteiger charge is -2.45. The number of carbonyl (C=O) groups is 2. The van der Waals surface area contributed by atoms with Crippen LogP contribution >= 0.6 is 11.8 Å². The average molecular weight is 463 g/mol. The molecule has 2 aliphatic heterocycles. The van der Waals surface area contributed by atoms with Crippen molar-refractivity contribution in [2.45, 2.75) is 55.7 Å². The van der Waals surface area contributed by atoms with Crippen molar-refractivity contribution in [3.05, 3.63) is 71.8 Å². The summed E-state index contributed by atoms with van der Waals surface area (Å²) in [6, 6.07) is 20.2. The highest BCUT2D eigenvalue weighted by Gasteiger charge is 2.48. The first-order chi connectivity index (χ1) is 16.2. The molecule has 4 nitrogen and oxygen atoms in total. The predicted molar refractivity (Wildman–Crippen MR) is 134 cm³/mol. The fourth-order valence-electron chi connectivity index (χ4n) is 5.93. The van der Waals surface area contributed by atoms with E-state index >= 15 is 0 Å². The molecule has 33 heavy (non-hydrogen) atoms. The van der Waals surface area contributed by atoms with Crippen molar-refractivity contribution >= 4 is 23.6 Å². The molecule has 2 amide bonds. The van der Waals surface area contributed by atoms with E-state index in [1.807, 2.05) is 53.1 Å². The Labute approximate surface area is 201 Å². The molecule has 0 radical (unpaired) electrons. The van der Waals surface area contributed by atoms with Crippen LogP contribution in [0.2, 0.25) is 0 Å². The van der Waals surface area contributed by atoms with E-state index in [4.69, 9.17) is 0 Å². The quantitative estimate of drug-likeness (QED) is 0.620. The van der Waals surface area contributed by atoms with Gasteiger partial charge in [0.2, 0.25) is 11.8 Å². The Balaban J connectivity index is 1.31. The van der Waals surface area contributed by atoms with Crippen LogP contribution in [-0.4, -0.2) is 51.9 Å². The number of likely N-dealkylation sites (tertiary alicyclic amines) is 1. The first-order valence-corrected chi connectivity index (χ1v) is 13.5. The average Bonchev–Trinajstić information content (AvgIpc) is 3.28. The first-order valence-electron chi connectivity index (χ1n) is 12.5. The normalized spacial score (nSPS) is 21.0. The number of carbonyl (C=O) groups excluding carboxylic acids is 2. The van der Waals surface area contributed by atoms with E-state index < -0.39 is 0 Å². The zero-order valence-electron chi connectivity index (χ0n) is 19.3. The number of benzene rings is 2. The maximum absolute atomic E-state index is 13.8. The molecule has 5 rings (SSSR count). The number of rotatable bonds is 4. The Bertz CT molecular complexity index is 911. The summed E-state index contributed by atoms with van der Waals surface area (Å²) < 4.78 is 0. The Hall–Kier alpha value is -2.27. The van der Waals surface area contributed by atoms with E-state index in [1.165, 1.54) is 19.3 Å². The van der Waals surface area contributed by atoms with Gasteiger partial charge in [0.15, 0.2) is 0 Å². The Morgan fingerprint density at radius 1 is 0.818 bits per heavy atom. The van der Waals surface area contributed by atoms with Crippen molar-refractivity contribution in [1.29, 1.82) is 0 Å². The fourth-order valence-corrected chi connectivity index (χ4v) is 7.39. The van der Waals surface area contributed by atoms with Gasteiger partial charge in [0.05, 0.1) is 10.8 Å². The maximum atomic E-state index is 13.8. The van der Waals surface area contributed by atoms with Crippen LogP contribution in [-0.2, 0) is 9.59 Å². The Kier molecular flexibility index (Phi) is 6.77. The summed E-state index contributed by atoms with van der Waals surface area (Å²) in [5.41, 5.74) is 2.08. The molecule has 3 fully saturated rings. The van der Waals surface area contributed by atoms with Gasteiger partial charge in [-0.2, -0.15) is 0 Å². The summed E-state index contributed by atoms with van der Waals surface area (Å²) >= 11 is 1.95. The summed E-state index contributed by atoms with van der Waals surface area (Å²) in [6.45, 7) is 2.30. The van der Waals surface area contributed by atoms with Gasteiger partial charge in [-0.05, 0) is 36.8 Å². The molecule has 0 unspecified atom stereocenters. The topological polar surface area (TPSA) is 40.6 Å². The molecule has 2 saturated heterocycles. The van der Waals surface area contributed by atoms with Gasteiger partial charge in [-0.3, -0.25) is 9.59 Å². The summed E-state index contributed by atoms with van der Waals surface area (Å²) in [6.07, 6.45) is 7.49. The van der Waals surface area contributed by atoms with Gasteiger partial charge in [-0.25, -0.2) is 0 Å². The number of amides is 2. The summed E-state index contributed by atoms with van der Waals surface area (Å²) in [5, 5.41) is 0. The molecular weight excluding hydrogens is 428 g/mol. The van der Waals surface area contributed by atoms with Crippen LogP contribution in [0.25, 0.3) is 0 Å². The van der Waals surface area contributed by atoms with Crippen molar-refractivity contribution < 1.29 is 9.59 Å². The minimum Gasteiger partial charge on any atom is -0.342 e. The third-order valence-corrected chi connectivity index (χ3v) is 9.32. The van der Waals surface area contributed by atoms with Crippen molar-refractivity contribution in [2.24, 2.45) is 5.92 Å². The second-order valence-electron chi connectivity index (χ2n) is 9.70. The second kappa shape index (κ2) is 9.92. The van der Waals surface area contributed by atoms with Crippen LogP contribution in [0.4, 0.5) is 0 Å². The lowest BCUT2D eigenvalue weighted by Crippen LogP contribution is -2.55. The van der Waals surface area contributed by atoms with E-state index in [1.54, 1.807) is 0 Å². The van der Waals surface area contributed by atoms with Gasteiger partial charge < -0.3 is 9.80 Å². The first kappa shape index (κ1) is 22.5. The smallest absolute Gasteiger partial charge is 0.234 e. The zero-order valence-corrected chi connectivity index (χ0v) is 20.1. The monoisotopic (exact) mass is 462 g/mol. The Morgan fingerprint density at radius 2 is 1.39 bits per heavy atom. The number of nitrogens with zero attached hydrogens (tertiary/aromatic N) is 2. The van der Waals surface area contributed by atoms with Gasteiger partial charge in [0.1, 0.15) is 0 Å². The van der Waals surface area contributed by atoms with Crippen LogP contribution < -0.4 is 0 Å². The van der Waals surface area contributed by atoms with Gasteiger partial charge in [0.25, 0.3) is 0 Å².